The number of imide groups is 1. The van der Waals surface area contributed by atoms with Crippen LogP contribution in [0.4, 0.5) is 0 Å². The van der Waals surface area contributed by atoms with E-state index in [1.165, 1.54) is 25.2 Å². The molecular weight excluding hydrogens is 278 g/mol. The smallest absolute Gasteiger partial charge is 0.347 e. The van der Waals surface area contributed by atoms with E-state index in [1.807, 2.05) is 0 Å². The van der Waals surface area contributed by atoms with Crippen molar-refractivity contribution in [2.24, 2.45) is 0 Å². The van der Waals surface area contributed by atoms with Crippen LogP contribution in [-0.4, -0.2) is 48.4 Å². The van der Waals surface area contributed by atoms with E-state index in [0.717, 1.165) is 4.90 Å². The van der Waals surface area contributed by atoms with Gasteiger partial charge in [-0.1, -0.05) is 0 Å². The van der Waals surface area contributed by atoms with E-state index in [-0.39, 0.29) is 23.3 Å². The third-order valence-corrected chi connectivity index (χ3v) is 3.46. The summed E-state index contributed by atoms with van der Waals surface area (Å²) in [6, 6.07) is 4.11. The van der Waals surface area contributed by atoms with Crippen molar-refractivity contribution in [3.05, 3.63) is 34.9 Å². The maximum atomic E-state index is 12.0. The number of carbonyl (C=O) groups is 4. The van der Waals surface area contributed by atoms with Gasteiger partial charge in [-0.15, -0.1) is 0 Å². The van der Waals surface area contributed by atoms with Crippen LogP contribution >= 0.6 is 0 Å². The quantitative estimate of drug-likeness (QED) is 0.577. The van der Waals surface area contributed by atoms with Gasteiger partial charge in [0, 0.05) is 13.5 Å². The van der Waals surface area contributed by atoms with Crippen LogP contribution in [0.1, 0.15) is 37.5 Å². The molecule has 0 radical (unpaired) electrons. The number of nitrogens with zero attached hydrogens (tertiary/aromatic N) is 1. The fraction of sp³-hybridized carbons (Fsp3) is 0.286. The molecule has 1 saturated heterocycles. The number of rotatable bonds is 2. The summed E-state index contributed by atoms with van der Waals surface area (Å²) in [5.74, 6) is -2.17. The van der Waals surface area contributed by atoms with Crippen LogP contribution in [-0.2, 0) is 14.3 Å². The SMILES string of the molecule is CN1C(=O)c2ccc(C(=O)O[C@H]3CCOC3=O)cc2C1=O. The molecule has 1 fully saturated rings. The van der Waals surface area contributed by atoms with Gasteiger partial charge in [-0.2, -0.15) is 0 Å². The van der Waals surface area contributed by atoms with E-state index in [0.29, 0.717) is 6.42 Å². The van der Waals surface area contributed by atoms with Crippen LogP contribution in [0.25, 0.3) is 0 Å². The average molecular weight is 289 g/mol. The first-order valence-corrected chi connectivity index (χ1v) is 6.33. The van der Waals surface area contributed by atoms with Gasteiger partial charge in [0.15, 0.2) is 0 Å². The Bertz CT molecular complexity index is 680. The van der Waals surface area contributed by atoms with Crippen molar-refractivity contribution in [1.82, 2.24) is 4.90 Å². The van der Waals surface area contributed by atoms with Gasteiger partial charge < -0.3 is 9.47 Å². The predicted octanol–water partition coefficient (Wildman–Crippen LogP) is 0.385. The zero-order valence-corrected chi connectivity index (χ0v) is 11.1. The van der Waals surface area contributed by atoms with Gasteiger partial charge in [-0.05, 0) is 18.2 Å². The fourth-order valence-corrected chi connectivity index (χ4v) is 2.27. The summed E-state index contributed by atoms with van der Waals surface area (Å²) in [5, 5.41) is 0. The van der Waals surface area contributed by atoms with Gasteiger partial charge in [-0.25, -0.2) is 9.59 Å². The number of cyclic esters (lactones) is 1. The molecule has 2 aliphatic heterocycles. The molecule has 2 heterocycles. The monoisotopic (exact) mass is 289 g/mol. The van der Waals surface area contributed by atoms with Crippen molar-refractivity contribution in [3.8, 4) is 0 Å². The zero-order valence-electron chi connectivity index (χ0n) is 11.1. The normalized spacial score (nSPS) is 20.5. The molecule has 108 valence electrons. The van der Waals surface area contributed by atoms with Crippen LogP contribution < -0.4 is 0 Å². The van der Waals surface area contributed by atoms with Crippen molar-refractivity contribution in [2.45, 2.75) is 12.5 Å². The second kappa shape index (κ2) is 4.69. The lowest BCUT2D eigenvalue weighted by atomic mass is 10.1. The molecule has 7 heteroatoms. The summed E-state index contributed by atoms with van der Waals surface area (Å²) in [6.45, 7) is 0.221. The van der Waals surface area contributed by atoms with Crippen LogP contribution in [0.15, 0.2) is 18.2 Å². The first-order valence-electron chi connectivity index (χ1n) is 6.33. The van der Waals surface area contributed by atoms with E-state index in [4.69, 9.17) is 9.47 Å². The highest BCUT2D eigenvalue weighted by Gasteiger charge is 2.34. The summed E-state index contributed by atoms with van der Waals surface area (Å²) in [6.07, 6.45) is -0.596. The molecule has 3 rings (SSSR count). The highest BCUT2D eigenvalue weighted by atomic mass is 16.6. The van der Waals surface area contributed by atoms with Gasteiger partial charge in [0.05, 0.1) is 23.3 Å². The molecule has 2 amide bonds. The lowest BCUT2D eigenvalue weighted by molar-refractivity contribution is -0.145. The molecule has 0 unspecified atom stereocenters. The third-order valence-electron chi connectivity index (χ3n) is 3.46. The van der Waals surface area contributed by atoms with Crippen LogP contribution in [0.3, 0.4) is 0 Å². The number of amides is 2. The summed E-state index contributed by atoms with van der Waals surface area (Å²) in [5.41, 5.74) is 0.523. The van der Waals surface area contributed by atoms with E-state index < -0.39 is 29.9 Å². The van der Waals surface area contributed by atoms with Crippen molar-refractivity contribution in [1.29, 1.82) is 0 Å². The minimum atomic E-state index is -0.911. The van der Waals surface area contributed by atoms with Crippen LogP contribution in [0, 0.1) is 0 Å². The summed E-state index contributed by atoms with van der Waals surface area (Å²) in [7, 11) is 1.37. The maximum Gasteiger partial charge on any atom is 0.347 e. The molecule has 1 atom stereocenters. The Hall–Kier alpha value is -2.70. The molecule has 21 heavy (non-hydrogen) atoms. The highest BCUT2D eigenvalue weighted by molar-refractivity contribution is 6.21. The maximum absolute atomic E-state index is 12.0. The topological polar surface area (TPSA) is 90.0 Å². The summed E-state index contributed by atoms with van der Waals surface area (Å²) in [4.78, 5) is 47.8. The number of hydrogen-bond acceptors (Lipinski definition) is 6. The Balaban J connectivity index is 1.85. The molecule has 1 aromatic rings. The van der Waals surface area contributed by atoms with Gasteiger partial charge in [0.1, 0.15) is 0 Å². The van der Waals surface area contributed by atoms with E-state index >= 15 is 0 Å². The minimum Gasteiger partial charge on any atom is -0.463 e. The average Bonchev–Trinajstić information content (AvgIpc) is 2.97. The number of fused-ring (bicyclic) bond motifs is 1. The second-order valence-corrected chi connectivity index (χ2v) is 4.78. The molecule has 7 nitrogen and oxygen atoms in total. The van der Waals surface area contributed by atoms with E-state index in [9.17, 15) is 19.2 Å². The summed E-state index contributed by atoms with van der Waals surface area (Å²) < 4.78 is 9.73. The fourth-order valence-electron chi connectivity index (χ4n) is 2.27. The van der Waals surface area contributed by atoms with Crippen LogP contribution in [0.2, 0.25) is 0 Å². The van der Waals surface area contributed by atoms with E-state index in [2.05, 4.69) is 0 Å². The first-order chi connectivity index (χ1) is 9.99. The van der Waals surface area contributed by atoms with Crippen molar-refractivity contribution >= 4 is 23.8 Å². The number of esters is 2. The zero-order chi connectivity index (χ0) is 15.1. The molecule has 0 spiro atoms. The van der Waals surface area contributed by atoms with Crippen molar-refractivity contribution in [2.75, 3.05) is 13.7 Å². The number of ether oxygens (including phenoxy) is 2. The van der Waals surface area contributed by atoms with Crippen molar-refractivity contribution < 1.29 is 28.7 Å². The van der Waals surface area contributed by atoms with Gasteiger partial charge >= 0.3 is 11.9 Å². The number of benzene rings is 1. The molecule has 0 aliphatic carbocycles. The molecular formula is C14H11NO6. The standard InChI is InChI=1S/C14H11NO6/c1-15-11(16)8-3-2-7(6-9(8)12(15)17)13(18)21-10-4-5-20-14(10)19/h2-3,6,10H,4-5H2,1H3/t10-/m0/s1. The molecule has 0 N–H and O–H groups in total. The highest BCUT2D eigenvalue weighted by Crippen LogP contribution is 2.23. The lowest BCUT2D eigenvalue weighted by Crippen LogP contribution is -2.24. The van der Waals surface area contributed by atoms with Crippen molar-refractivity contribution in [3.63, 3.8) is 0 Å². The molecule has 0 saturated carbocycles. The summed E-state index contributed by atoms with van der Waals surface area (Å²) >= 11 is 0. The lowest BCUT2D eigenvalue weighted by Gasteiger charge is -2.08. The second-order valence-electron chi connectivity index (χ2n) is 4.78. The Morgan fingerprint density at radius 2 is 1.95 bits per heavy atom. The first kappa shape index (κ1) is 13.3. The van der Waals surface area contributed by atoms with Gasteiger partial charge in [-0.3, -0.25) is 14.5 Å². The Kier molecular flexibility index (Phi) is 2.97. The Labute approximate surface area is 119 Å². The van der Waals surface area contributed by atoms with Crippen LogP contribution in [0.5, 0.6) is 0 Å². The minimum absolute atomic E-state index is 0.116. The number of hydrogen-bond donors (Lipinski definition) is 0. The molecule has 0 aromatic heterocycles. The molecule has 0 bridgehead atoms. The number of carbonyl (C=O) groups excluding carboxylic acids is 4. The third kappa shape index (κ3) is 2.06. The molecule has 2 aliphatic rings. The Morgan fingerprint density at radius 1 is 1.24 bits per heavy atom. The van der Waals surface area contributed by atoms with Gasteiger partial charge in [0.25, 0.3) is 11.8 Å². The Morgan fingerprint density at radius 3 is 2.62 bits per heavy atom. The predicted molar refractivity (Wildman–Crippen MR) is 67.6 cm³/mol. The van der Waals surface area contributed by atoms with E-state index in [1.54, 1.807) is 0 Å². The molecule has 1 aromatic carbocycles. The largest absolute Gasteiger partial charge is 0.463 e. The van der Waals surface area contributed by atoms with Gasteiger partial charge in [0.2, 0.25) is 6.10 Å².